The van der Waals surface area contributed by atoms with Crippen molar-refractivity contribution in [2.45, 2.75) is 70.1 Å². The third kappa shape index (κ3) is 2.54. The quantitative estimate of drug-likeness (QED) is 0.805. The Hall–Kier alpha value is -0.433. The van der Waals surface area contributed by atoms with E-state index in [4.69, 9.17) is 24.0 Å². The molecule has 2 fully saturated rings. The molecule has 1 N–H and O–H groups in total. The minimum absolute atomic E-state index is 0.0190. The molecule has 22 heavy (non-hydrogen) atoms. The van der Waals surface area contributed by atoms with E-state index >= 15 is 0 Å². The largest absolute Gasteiger partial charge is 0.478 e. The van der Waals surface area contributed by atoms with Crippen LogP contribution in [0, 0.1) is 11.3 Å². The van der Waals surface area contributed by atoms with Gasteiger partial charge in [0.25, 0.3) is 0 Å². The maximum Gasteiger partial charge on any atom is 0.217 e. The Kier molecular flexibility index (Phi) is 4.31. The molecule has 5 nitrogen and oxygen atoms in total. The molecule has 0 aliphatic carbocycles. The summed E-state index contributed by atoms with van der Waals surface area (Å²) in [6, 6.07) is 0. The van der Waals surface area contributed by atoms with Crippen LogP contribution in [-0.4, -0.2) is 51.8 Å². The Morgan fingerprint density at radius 3 is 2.41 bits per heavy atom. The van der Waals surface area contributed by atoms with Gasteiger partial charge in [-0.05, 0) is 32.0 Å². The van der Waals surface area contributed by atoms with Crippen molar-refractivity contribution < 1.29 is 18.6 Å². The molecule has 2 aliphatic rings. The SMILES string of the molecule is CO[C@@]12C(=N)OC[C@@H]1C(C)(C)OC2CO[Si](C)(C)C(C)(C)C. The van der Waals surface area contributed by atoms with Gasteiger partial charge in [0.2, 0.25) is 5.90 Å². The van der Waals surface area contributed by atoms with Gasteiger partial charge in [-0.1, -0.05) is 20.8 Å². The minimum Gasteiger partial charge on any atom is -0.478 e. The van der Waals surface area contributed by atoms with Crippen molar-refractivity contribution in [3.63, 3.8) is 0 Å². The Morgan fingerprint density at radius 2 is 1.91 bits per heavy atom. The normalized spacial score (nSPS) is 34.6. The zero-order valence-corrected chi connectivity index (χ0v) is 16.2. The zero-order chi connectivity index (χ0) is 17.0. The van der Waals surface area contributed by atoms with Crippen LogP contribution in [0.15, 0.2) is 0 Å². The van der Waals surface area contributed by atoms with Crippen LogP contribution in [0.3, 0.4) is 0 Å². The van der Waals surface area contributed by atoms with Crippen LogP contribution in [0.4, 0.5) is 0 Å². The first kappa shape index (κ1) is 17.9. The molecule has 1 unspecified atom stereocenters. The van der Waals surface area contributed by atoms with E-state index in [-0.39, 0.29) is 28.6 Å². The van der Waals surface area contributed by atoms with Crippen LogP contribution in [0.25, 0.3) is 0 Å². The van der Waals surface area contributed by atoms with Gasteiger partial charge < -0.3 is 18.6 Å². The second-order valence-corrected chi connectivity index (χ2v) is 13.3. The summed E-state index contributed by atoms with van der Waals surface area (Å²) in [5.41, 5.74) is -1.20. The van der Waals surface area contributed by atoms with E-state index in [0.717, 1.165) is 0 Å². The van der Waals surface area contributed by atoms with E-state index in [1.54, 1.807) is 7.11 Å². The highest BCUT2D eigenvalue weighted by Crippen LogP contribution is 2.50. The van der Waals surface area contributed by atoms with E-state index in [2.05, 4.69) is 33.9 Å². The van der Waals surface area contributed by atoms with Gasteiger partial charge in [-0.3, -0.25) is 5.41 Å². The number of ether oxygens (including phenoxy) is 3. The van der Waals surface area contributed by atoms with Crippen molar-refractivity contribution in [2.75, 3.05) is 20.3 Å². The average Bonchev–Trinajstić information content (AvgIpc) is 2.82. The van der Waals surface area contributed by atoms with Gasteiger partial charge in [0.05, 0.1) is 24.7 Å². The molecule has 2 heterocycles. The lowest BCUT2D eigenvalue weighted by molar-refractivity contribution is -0.0808. The number of rotatable bonds is 4. The minimum atomic E-state index is -1.88. The molecular formula is C16H31NO4Si. The Morgan fingerprint density at radius 1 is 1.32 bits per heavy atom. The highest BCUT2D eigenvalue weighted by atomic mass is 28.4. The lowest BCUT2D eigenvalue weighted by Crippen LogP contribution is -2.53. The number of methoxy groups -OCH3 is 1. The van der Waals surface area contributed by atoms with Crippen LogP contribution in [-0.2, 0) is 18.6 Å². The summed E-state index contributed by atoms with van der Waals surface area (Å²) in [5, 5.41) is 8.36. The topological polar surface area (TPSA) is 60.8 Å². The van der Waals surface area contributed by atoms with Gasteiger partial charge in [0.15, 0.2) is 13.9 Å². The Balaban J connectivity index is 2.22. The van der Waals surface area contributed by atoms with Crippen LogP contribution in [0.1, 0.15) is 34.6 Å². The second-order valence-electron chi connectivity index (χ2n) is 8.47. The van der Waals surface area contributed by atoms with Crippen molar-refractivity contribution in [3.05, 3.63) is 0 Å². The predicted molar refractivity (Wildman–Crippen MR) is 89.0 cm³/mol. The zero-order valence-electron chi connectivity index (χ0n) is 15.2. The molecule has 2 saturated heterocycles. The number of hydrogen-bond donors (Lipinski definition) is 1. The summed E-state index contributed by atoms with van der Waals surface area (Å²) in [7, 11) is -0.238. The standard InChI is InChI=1S/C16H31NO4Si/c1-14(2,3)22(7,8)20-10-12-16(18-6)11(9-19-13(16)17)15(4,5)21-12/h11-12,17H,9-10H2,1-8H3/t11-,12?,16+/m1/s1. The highest BCUT2D eigenvalue weighted by Gasteiger charge is 2.67. The smallest absolute Gasteiger partial charge is 0.217 e. The van der Waals surface area contributed by atoms with E-state index < -0.39 is 13.9 Å². The van der Waals surface area contributed by atoms with Crippen LogP contribution < -0.4 is 0 Å². The van der Waals surface area contributed by atoms with Crippen molar-refractivity contribution in [2.24, 2.45) is 5.92 Å². The van der Waals surface area contributed by atoms with Crippen molar-refractivity contribution in [1.82, 2.24) is 0 Å². The Labute approximate surface area is 135 Å². The summed E-state index contributed by atoms with van der Waals surface area (Å²) >= 11 is 0. The number of hydrogen-bond acceptors (Lipinski definition) is 5. The molecule has 0 bridgehead atoms. The molecule has 128 valence electrons. The first-order valence-corrected chi connectivity index (χ1v) is 10.9. The molecule has 2 rings (SSSR count). The van der Waals surface area contributed by atoms with Gasteiger partial charge >= 0.3 is 0 Å². The summed E-state index contributed by atoms with van der Waals surface area (Å²) in [6.07, 6.45) is -0.304. The summed E-state index contributed by atoms with van der Waals surface area (Å²) < 4.78 is 23.9. The summed E-state index contributed by atoms with van der Waals surface area (Å²) in [6.45, 7) is 16.1. The van der Waals surface area contributed by atoms with Crippen LogP contribution in [0.2, 0.25) is 18.1 Å². The molecule has 3 atom stereocenters. The van der Waals surface area contributed by atoms with Crippen molar-refractivity contribution >= 4 is 14.2 Å². The highest BCUT2D eigenvalue weighted by molar-refractivity contribution is 6.74. The first-order valence-electron chi connectivity index (χ1n) is 7.97. The monoisotopic (exact) mass is 329 g/mol. The van der Waals surface area contributed by atoms with Crippen LogP contribution >= 0.6 is 0 Å². The summed E-state index contributed by atoms with van der Waals surface area (Å²) in [5.74, 6) is 0.194. The molecule has 0 aromatic rings. The van der Waals surface area contributed by atoms with Crippen molar-refractivity contribution in [1.29, 1.82) is 5.41 Å². The number of fused-ring (bicyclic) bond motifs is 1. The molecule has 0 aromatic heterocycles. The van der Waals surface area contributed by atoms with E-state index in [1.807, 2.05) is 13.8 Å². The molecule has 0 amide bonds. The summed E-state index contributed by atoms with van der Waals surface area (Å²) in [4.78, 5) is 0. The fraction of sp³-hybridized carbons (Fsp3) is 0.938. The fourth-order valence-corrected chi connectivity index (χ4v) is 4.21. The second kappa shape index (κ2) is 5.29. The molecule has 6 heteroatoms. The number of nitrogens with one attached hydrogen (secondary N) is 1. The maximum absolute atomic E-state index is 8.22. The van der Waals surface area contributed by atoms with Crippen LogP contribution in [0.5, 0.6) is 0 Å². The van der Waals surface area contributed by atoms with Gasteiger partial charge in [-0.25, -0.2) is 0 Å². The molecule has 0 radical (unpaired) electrons. The Bertz CT molecular complexity index is 458. The van der Waals surface area contributed by atoms with Gasteiger partial charge in [-0.2, -0.15) is 0 Å². The lowest BCUT2D eigenvalue weighted by Gasteiger charge is -2.38. The van der Waals surface area contributed by atoms with Crippen molar-refractivity contribution in [3.8, 4) is 0 Å². The maximum atomic E-state index is 8.22. The fourth-order valence-electron chi connectivity index (χ4n) is 3.21. The third-order valence-electron chi connectivity index (χ3n) is 5.77. The van der Waals surface area contributed by atoms with Gasteiger partial charge in [0.1, 0.15) is 6.10 Å². The molecule has 0 spiro atoms. The third-order valence-corrected chi connectivity index (χ3v) is 10.3. The lowest BCUT2D eigenvalue weighted by atomic mass is 9.79. The van der Waals surface area contributed by atoms with E-state index in [0.29, 0.717) is 13.2 Å². The first-order chi connectivity index (χ1) is 9.88. The average molecular weight is 330 g/mol. The molecule has 0 saturated carbocycles. The van der Waals surface area contributed by atoms with E-state index in [9.17, 15) is 0 Å². The predicted octanol–water partition coefficient (Wildman–Crippen LogP) is 3.19. The van der Waals surface area contributed by atoms with Gasteiger partial charge in [-0.15, -0.1) is 0 Å². The van der Waals surface area contributed by atoms with E-state index in [1.165, 1.54) is 0 Å². The molecular weight excluding hydrogens is 298 g/mol. The molecule has 0 aromatic carbocycles. The molecule has 2 aliphatic heterocycles. The van der Waals surface area contributed by atoms with Gasteiger partial charge in [0, 0.05) is 7.11 Å².